The smallest absolute Gasteiger partial charge is 0.183 e. The minimum absolute atomic E-state index is 0.360. The molecule has 0 aliphatic heterocycles. The molecule has 1 N–H and O–H groups in total. The number of aryl methyl sites for hydroxylation is 1. The van der Waals surface area contributed by atoms with Crippen LogP contribution in [-0.2, 0) is 0 Å². The highest BCUT2D eigenvalue weighted by molar-refractivity contribution is 9.10. The standard InChI is InChI=1S/C17H18BrN3OS/c1-9(2)19-17-21-13(8-23-17)12-7-10(3)11-5-6-14(22-4)15(18)16(11)20-12/h5-9H,1-4H3,(H,19,21). The second-order valence-electron chi connectivity index (χ2n) is 5.64. The van der Waals surface area contributed by atoms with E-state index in [9.17, 15) is 0 Å². The van der Waals surface area contributed by atoms with E-state index in [1.165, 1.54) is 5.56 Å². The van der Waals surface area contributed by atoms with Gasteiger partial charge in [0.15, 0.2) is 5.13 Å². The summed E-state index contributed by atoms with van der Waals surface area (Å²) in [6, 6.07) is 6.43. The van der Waals surface area contributed by atoms with Gasteiger partial charge in [-0.25, -0.2) is 9.97 Å². The average molecular weight is 392 g/mol. The van der Waals surface area contributed by atoms with Crippen LogP contribution in [0.15, 0.2) is 28.1 Å². The molecule has 0 radical (unpaired) electrons. The van der Waals surface area contributed by atoms with E-state index in [4.69, 9.17) is 9.72 Å². The molecule has 120 valence electrons. The summed E-state index contributed by atoms with van der Waals surface area (Å²) >= 11 is 5.20. The summed E-state index contributed by atoms with van der Waals surface area (Å²) in [5.74, 6) is 0.780. The Hall–Kier alpha value is -1.66. The number of ether oxygens (including phenoxy) is 1. The lowest BCUT2D eigenvalue weighted by Crippen LogP contribution is -2.09. The zero-order valence-corrected chi connectivity index (χ0v) is 15.9. The molecule has 0 saturated carbocycles. The van der Waals surface area contributed by atoms with Crippen LogP contribution in [0, 0.1) is 6.92 Å². The Morgan fingerprint density at radius 3 is 2.70 bits per heavy atom. The topological polar surface area (TPSA) is 47.0 Å². The molecule has 0 bridgehead atoms. The number of benzene rings is 1. The van der Waals surface area contributed by atoms with Crippen molar-refractivity contribution in [1.29, 1.82) is 0 Å². The molecule has 4 nitrogen and oxygen atoms in total. The molecule has 3 rings (SSSR count). The monoisotopic (exact) mass is 391 g/mol. The minimum atomic E-state index is 0.360. The number of fused-ring (bicyclic) bond motifs is 1. The fraction of sp³-hybridized carbons (Fsp3) is 0.294. The third kappa shape index (κ3) is 3.19. The SMILES string of the molecule is COc1ccc2c(C)cc(-c3csc(NC(C)C)n3)nc2c1Br. The highest BCUT2D eigenvalue weighted by atomic mass is 79.9. The number of nitrogens with zero attached hydrogens (tertiary/aromatic N) is 2. The lowest BCUT2D eigenvalue weighted by molar-refractivity contribution is 0.413. The van der Waals surface area contributed by atoms with Gasteiger partial charge in [-0.1, -0.05) is 0 Å². The molecule has 0 aliphatic carbocycles. The van der Waals surface area contributed by atoms with Gasteiger partial charge in [0.25, 0.3) is 0 Å². The Morgan fingerprint density at radius 2 is 2.00 bits per heavy atom. The molecule has 2 heterocycles. The first-order chi connectivity index (χ1) is 11.0. The van der Waals surface area contributed by atoms with Gasteiger partial charge >= 0.3 is 0 Å². The second-order valence-corrected chi connectivity index (χ2v) is 7.29. The Balaban J connectivity index is 2.11. The van der Waals surface area contributed by atoms with Gasteiger partial charge < -0.3 is 10.1 Å². The quantitative estimate of drug-likeness (QED) is 0.658. The van der Waals surface area contributed by atoms with Crippen LogP contribution in [0.3, 0.4) is 0 Å². The van der Waals surface area contributed by atoms with Gasteiger partial charge in [-0.05, 0) is 60.5 Å². The van der Waals surface area contributed by atoms with Crippen molar-refractivity contribution in [2.24, 2.45) is 0 Å². The zero-order chi connectivity index (χ0) is 16.6. The first-order valence-corrected chi connectivity index (χ1v) is 9.03. The van der Waals surface area contributed by atoms with Crippen molar-refractivity contribution in [3.8, 4) is 17.1 Å². The summed E-state index contributed by atoms with van der Waals surface area (Å²) in [6.45, 7) is 6.29. The van der Waals surface area contributed by atoms with E-state index in [1.54, 1.807) is 18.4 Å². The van der Waals surface area contributed by atoms with Gasteiger partial charge in [0.2, 0.25) is 0 Å². The van der Waals surface area contributed by atoms with Crippen LogP contribution in [0.5, 0.6) is 5.75 Å². The van der Waals surface area contributed by atoms with E-state index in [2.05, 4.69) is 53.1 Å². The van der Waals surface area contributed by atoms with Gasteiger partial charge in [-0.2, -0.15) is 0 Å². The van der Waals surface area contributed by atoms with Gasteiger partial charge in [-0.3, -0.25) is 0 Å². The Labute approximate surface area is 148 Å². The van der Waals surface area contributed by atoms with E-state index in [0.29, 0.717) is 6.04 Å². The van der Waals surface area contributed by atoms with Crippen molar-refractivity contribution in [1.82, 2.24) is 9.97 Å². The van der Waals surface area contributed by atoms with Crippen molar-refractivity contribution in [3.63, 3.8) is 0 Å². The summed E-state index contributed by atoms with van der Waals surface area (Å²) in [5, 5.41) is 7.39. The van der Waals surface area contributed by atoms with Gasteiger partial charge in [0.05, 0.1) is 22.8 Å². The molecule has 0 fully saturated rings. The number of aromatic nitrogens is 2. The molecule has 0 atom stereocenters. The van der Waals surface area contributed by atoms with E-state index in [-0.39, 0.29) is 0 Å². The second kappa shape index (κ2) is 6.45. The van der Waals surface area contributed by atoms with Crippen LogP contribution in [0.25, 0.3) is 22.3 Å². The van der Waals surface area contributed by atoms with Crippen LogP contribution in [-0.4, -0.2) is 23.1 Å². The number of hydrogen-bond acceptors (Lipinski definition) is 5. The molecule has 0 aliphatic rings. The lowest BCUT2D eigenvalue weighted by Gasteiger charge is -2.10. The third-order valence-electron chi connectivity index (χ3n) is 3.49. The molecular weight excluding hydrogens is 374 g/mol. The summed E-state index contributed by atoms with van der Waals surface area (Å²) in [7, 11) is 1.66. The number of rotatable bonds is 4. The summed E-state index contributed by atoms with van der Waals surface area (Å²) in [5.41, 5.74) is 3.82. The number of anilines is 1. The predicted octanol–water partition coefficient (Wildman–Crippen LogP) is 5.26. The maximum atomic E-state index is 5.38. The van der Waals surface area contributed by atoms with Gasteiger partial charge in [-0.15, -0.1) is 11.3 Å². The van der Waals surface area contributed by atoms with Crippen LogP contribution >= 0.6 is 27.3 Å². The van der Waals surface area contributed by atoms with Crippen LogP contribution in [0.2, 0.25) is 0 Å². The lowest BCUT2D eigenvalue weighted by atomic mass is 10.1. The Morgan fingerprint density at radius 1 is 1.22 bits per heavy atom. The molecule has 0 spiro atoms. The molecule has 6 heteroatoms. The number of thiazole rings is 1. The molecule has 1 aromatic carbocycles. The normalized spacial score (nSPS) is 11.2. The van der Waals surface area contributed by atoms with Gasteiger partial charge in [0.1, 0.15) is 11.4 Å². The van der Waals surface area contributed by atoms with Crippen molar-refractivity contribution in [3.05, 3.63) is 33.6 Å². The van der Waals surface area contributed by atoms with E-state index in [1.807, 2.05) is 17.5 Å². The Kier molecular flexibility index (Phi) is 4.55. The van der Waals surface area contributed by atoms with Crippen molar-refractivity contribution in [2.75, 3.05) is 12.4 Å². The van der Waals surface area contributed by atoms with Crippen molar-refractivity contribution >= 4 is 43.3 Å². The fourth-order valence-corrected chi connectivity index (χ4v) is 3.85. The summed E-state index contributed by atoms with van der Waals surface area (Å²) in [6.07, 6.45) is 0. The molecular formula is C17H18BrN3OS. The van der Waals surface area contributed by atoms with E-state index >= 15 is 0 Å². The molecule has 0 unspecified atom stereocenters. The number of pyridine rings is 1. The summed E-state index contributed by atoms with van der Waals surface area (Å²) < 4.78 is 6.25. The zero-order valence-electron chi connectivity index (χ0n) is 13.5. The number of methoxy groups -OCH3 is 1. The fourth-order valence-electron chi connectivity index (χ4n) is 2.40. The molecule has 0 saturated heterocycles. The van der Waals surface area contributed by atoms with Crippen LogP contribution in [0.4, 0.5) is 5.13 Å². The average Bonchev–Trinajstić information content (AvgIpc) is 2.96. The van der Waals surface area contributed by atoms with Crippen LogP contribution < -0.4 is 10.1 Å². The highest BCUT2D eigenvalue weighted by Crippen LogP contribution is 2.35. The number of nitrogens with one attached hydrogen (secondary N) is 1. The van der Waals surface area contributed by atoms with E-state index < -0.39 is 0 Å². The maximum absolute atomic E-state index is 5.38. The van der Waals surface area contributed by atoms with Gasteiger partial charge in [0, 0.05) is 16.8 Å². The predicted molar refractivity (Wildman–Crippen MR) is 101 cm³/mol. The first-order valence-electron chi connectivity index (χ1n) is 7.36. The number of hydrogen-bond donors (Lipinski definition) is 1. The Bertz CT molecular complexity index is 860. The number of halogens is 1. The van der Waals surface area contributed by atoms with Crippen molar-refractivity contribution < 1.29 is 4.74 Å². The molecule has 23 heavy (non-hydrogen) atoms. The van der Waals surface area contributed by atoms with Crippen molar-refractivity contribution in [2.45, 2.75) is 26.8 Å². The molecule has 2 aromatic heterocycles. The minimum Gasteiger partial charge on any atom is -0.495 e. The largest absolute Gasteiger partial charge is 0.495 e. The molecule has 3 aromatic rings. The summed E-state index contributed by atoms with van der Waals surface area (Å²) in [4.78, 5) is 9.44. The van der Waals surface area contributed by atoms with Crippen LogP contribution in [0.1, 0.15) is 19.4 Å². The molecule has 0 amide bonds. The third-order valence-corrected chi connectivity index (χ3v) is 5.03. The maximum Gasteiger partial charge on any atom is 0.183 e. The van der Waals surface area contributed by atoms with E-state index in [0.717, 1.165) is 37.6 Å². The highest BCUT2D eigenvalue weighted by Gasteiger charge is 2.13. The first kappa shape index (κ1) is 16.2.